The summed E-state index contributed by atoms with van der Waals surface area (Å²) < 4.78 is 1.73. The molecule has 0 saturated carbocycles. The Morgan fingerprint density at radius 3 is 2.68 bits per heavy atom. The van der Waals surface area contributed by atoms with Crippen LogP contribution < -0.4 is 0 Å². The minimum absolute atomic E-state index is 0.0520. The molecule has 0 aliphatic carbocycles. The summed E-state index contributed by atoms with van der Waals surface area (Å²) in [7, 11) is 0. The molecule has 4 heterocycles. The zero-order chi connectivity index (χ0) is 24.0. The number of amides is 1. The van der Waals surface area contributed by atoms with E-state index in [0.717, 1.165) is 53.9 Å². The number of likely N-dealkylation sites (tertiary alicyclic amines) is 1. The number of rotatable bonds is 5. The summed E-state index contributed by atoms with van der Waals surface area (Å²) in [6.45, 7) is 9.65. The van der Waals surface area contributed by atoms with E-state index < -0.39 is 6.10 Å². The van der Waals surface area contributed by atoms with Crippen molar-refractivity contribution < 1.29 is 9.90 Å². The van der Waals surface area contributed by atoms with Crippen LogP contribution >= 0.6 is 0 Å². The average Bonchev–Trinajstić information content (AvgIpc) is 3.43. The number of benzene rings is 1. The lowest BCUT2D eigenvalue weighted by atomic mass is 9.87. The van der Waals surface area contributed by atoms with Crippen molar-refractivity contribution in [2.24, 2.45) is 0 Å². The van der Waals surface area contributed by atoms with Crippen LogP contribution in [0.15, 0.2) is 30.5 Å². The van der Waals surface area contributed by atoms with Crippen LogP contribution in [0, 0.1) is 6.92 Å². The Morgan fingerprint density at radius 1 is 1.21 bits per heavy atom. The third-order valence-corrected chi connectivity index (χ3v) is 7.00. The van der Waals surface area contributed by atoms with Crippen molar-refractivity contribution >= 4 is 22.5 Å². The van der Waals surface area contributed by atoms with Gasteiger partial charge in [0.2, 0.25) is 5.91 Å². The molecular weight excluding hydrogens is 428 g/mol. The molecule has 0 spiro atoms. The minimum atomic E-state index is -0.588. The molecule has 34 heavy (non-hydrogen) atoms. The SMILES string of the molecule is Cc1cc(-c2[nH]c3ccc(C4CCN(C(=O)C[C@@H](C)O)CC4)cc3c2C(C)C)cn2nnnc12. The van der Waals surface area contributed by atoms with Gasteiger partial charge in [-0.25, -0.2) is 0 Å². The number of aryl methyl sites for hydroxylation is 1. The van der Waals surface area contributed by atoms with E-state index in [-0.39, 0.29) is 12.3 Å². The third-order valence-electron chi connectivity index (χ3n) is 7.00. The van der Waals surface area contributed by atoms with E-state index in [0.29, 0.717) is 11.8 Å². The number of carbonyl (C=O) groups is 1. The quantitative estimate of drug-likeness (QED) is 0.465. The highest BCUT2D eigenvalue weighted by molar-refractivity contribution is 5.92. The van der Waals surface area contributed by atoms with Gasteiger partial charge >= 0.3 is 0 Å². The standard InChI is InChI=1S/C26H32N6O2/c1-15(2)24-21-13-19(18-7-9-31(10-8-18)23(34)12-17(4)33)5-6-22(21)27-25(24)20-11-16(3)26-28-29-30-32(26)14-20/h5-6,11,13-15,17-18,27,33H,7-10,12H2,1-4H3/t17-/m1/s1. The van der Waals surface area contributed by atoms with Crippen molar-refractivity contribution in [3.8, 4) is 11.3 Å². The van der Waals surface area contributed by atoms with Gasteiger partial charge in [-0.1, -0.05) is 19.9 Å². The van der Waals surface area contributed by atoms with Crippen LogP contribution in [0.4, 0.5) is 0 Å². The van der Waals surface area contributed by atoms with Gasteiger partial charge in [-0.3, -0.25) is 4.79 Å². The number of H-pyrrole nitrogens is 1. The maximum atomic E-state index is 12.3. The van der Waals surface area contributed by atoms with Crippen LogP contribution in [-0.4, -0.2) is 60.1 Å². The van der Waals surface area contributed by atoms with Crippen molar-refractivity contribution in [3.05, 3.63) is 47.2 Å². The lowest BCUT2D eigenvalue weighted by Crippen LogP contribution is -2.39. The highest BCUT2D eigenvalue weighted by Crippen LogP contribution is 2.38. The van der Waals surface area contributed by atoms with Crippen LogP contribution in [0.5, 0.6) is 0 Å². The van der Waals surface area contributed by atoms with Crippen LogP contribution in [0.2, 0.25) is 0 Å². The second-order valence-electron chi connectivity index (χ2n) is 9.94. The van der Waals surface area contributed by atoms with Crippen LogP contribution in [0.25, 0.3) is 27.8 Å². The monoisotopic (exact) mass is 460 g/mol. The molecule has 2 N–H and O–H groups in total. The number of carbonyl (C=O) groups excluding carboxylic acids is 1. The van der Waals surface area contributed by atoms with Crippen molar-refractivity contribution in [1.29, 1.82) is 0 Å². The summed E-state index contributed by atoms with van der Waals surface area (Å²) in [6.07, 6.45) is 3.49. The summed E-state index contributed by atoms with van der Waals surface area (Å²) in [5.74, 6) is 0.818. The van der Waals surface area contributed by atoms with Crippen LogP contribution in [0.1, 0.15) is 68.6 Å². The molecule has 1 amide bonds. The zero-order valence-corrected chi connectivity index (χ0v) is 20.2. The Balaban J connectivity index is 1.47. The number of hydrogen-bond donors (Lipinski definition) is 2. The molecule has 0 bridgehead atoms. The number of aromatic nitrogens is 5. The Morgan fingerprint density at radius 2 is 1.97 bits per heavy atom. The molecular formula is C26H32N6O2. The van der Waals surface area contributed by atoms with Gasteiger partial charge in [0.1, 0.15) is 0 Å². The fourth-order valence-electron chi connectivity index (χ4n) is 5.30. The highest BCUT2D eigenvalue weighted by Gasteiger charge is 2.25. The summed E-state index contributed by atoms with van der Waals surface area (Å²) >= 11 is 0. The molecule has 8 nitrogen and oxygen atoms in total. The van der Waals surface area contributed by atoms with E-state index in [2.05, 4.69) is 58.6 Å². The Bertz CT molecular complexity index is 1340. The molecule has 0 radical (unpaired) electrons. The molecule has 1 aliphatic rings. The van der Waals surface area contributed by atoms with Crippen LogP contribution in [-0.2, 0) is 4.79 Å². The number of hydrogen-bond acceptors (Lipinski definition) is 5. The number of tetrazole rings is 1. The van der Waals surface area contributed by atoms with Crippen molar-refractivity contribution in [2.75, 3.05) is 13.1 Å². The van der Waals surface area contributed by atoms with E-state index >= 15 is 0 Å². The van der Waals surface area contributed by atoms with Gasteiger partial charge in [0.15, 0.2) is 5.65 Å². The maximum absolute atomic E-state index is 12.3. The Hall–Kier alpha value is -3.26. The van der Waals surface area contributed by atoms with Crippen molar-refractivity contribution in [1.82, 2.24) is 29.9 Å². The smallest absolute Gasteiger partial charge is 0.225 e. The average molecular weight is 461 g/mol. The van der Waals surface area contributed by atoms with E-state index in [1.807, 2.05) is 18.0 Å². The van der Waals surface area contributed by atoms with Gasteiger partial charge in [-0.05, 0) is 83.8 Å². The Labute approximate surface area is 199 Å². The summed E-state index contributed by atoms with van der Waals surface area (Å²) in [5.41, 5.74) is 7.74. The van der Waals surface area contributed by atoms with Gasteiger partial charge in [-0.15, -0.1) is 5.10 Å². The largest absolute Gasteiger partial charge is 0.393 e. The van der Waals surface area contributed by atoms with Crippen molar-refractivity contribution in [2.45, 2.75) is 64.9 Å². The second kappa shape index (κ2) is 8.83. The molecule has 3 aromatic heterocycles. The van der Waals surface area contributed by atoms with Gasteiger partial charge in [-0.2, -0.15) is 4.52 Å². The number of pyridine rings is 1. The van der Waals surface area contributed by atoms with Gasteiger partial charge in [0, 0.05) is 35.8 Å². The van der Waals surface area contributed by atoms with Crippen LogP contribution in [0.3, 0.4) is 0 Å². The number of nitrogens with zero attached hydrogens (tertiary/aromatic N) is 5. The minimum Gasteiger partial charge on any atom is -0.393 e. The number of aliphatic hydroxyl groups is 1. The lowest BCUT2D eigenvalue weighted by Gasteiger charge is -2.32. The van der Waals surface area contributed by atoms with Gasteiger partial charge < -0.3 is 15.0 Å². The first-order valence-corrected chi connectivity index (χ1v) is 12.1. The van der Waals surface area contributed by atoms with Crippen molar-refractivity contribution in [3.63, 3.8) is 0 Å². The molecule has 1 atom stereocenters. The molecule has 8 heteroatoms. The zero-order valence-electron chi connectivity index (χ0n) is 20.2. The fourth-order valence-corrected chi connectivity index (χ4v) is 5.30. The predicted molar refractivity (Wildman–Crippen MR) is 132 cm³/mol. The third kappa shape index (κ3) is 4.07. The summed E-state index contributed by atoms with van der Waals surface area (Å²) in [5, 5.41) is 22.8. The van der Waals surface area contributed by atoms with E-state index in [9.17, 15) is 9.90 Å². The predicted octanol–water partition coefficient (Wildman–Crippen LogP) is 4.18. The van der Waals surface area contributed by atoms with Gasteiger partial charge in [0.25, 0.3) is 0 Å². The van der Waals surface area contributed by atoms with E-state index in [1.54, 1.807) is 11.4 Å². The number of aromatic amines is 1. The molecule has 178 valence electrons. The first kappa shape index (κ1) is 22.5. The molecule has 1 saturated heterocycles. The van der Waals surface area contributed by atoms with Gasteiger partial charge in [0.05, 0.1) is 18.2 Å². The first-order valence-electron chi connectivity index (χ1n) is 12.1. The number of aliphatic hydroxyl groups excluding tert-OH is 1. The molecule has 4 aromatic rings. The normalized spacial score (nSPS) is 16.1. The number of fused-ring (bicyclic) bond motifs is 2. The van der Waals surface area contributed by atoms with E-state index in [1.165, 1.54) is 16.5 Å². The Kier molecular flexibility index (Phi) is 5.85. The molecule has 0 unspecified atom stereocenters. The molecule has 1 aliphatic heterocycles. The topological polar surface area (TPSA) is 99.4 Å². The number of nitrogens with one attached hydrogen (secondary N) is 1. The second-order valence-corrected chi connectivity index (χ2v) is 9.94. The lowest BCUT2D eigenvalue weighted by molar-refractivity contribution is -0.134. The molecule has 5 rings (SSSR count). The summed E-state index contributed by atoms with van der Waals surface area (Å²) in [4.78, 5) is 17.9. The maximum Gasteiger partial charge on any atom is 0.225 e. The summed E-state index contributed by atoms with van der Waals surface area (Å²) in [6, 6.07) is 8.89. The fraction of sp³-hybridized carbons (Fsp3) is 0.462. The first-order chi connectivity index (χ1) is 16.3. The molecule has 1 fully saturated rings. The number of piperidine rings is 1. The molecule has 1 aromatic carbocycles. The van der Waals surface area contributed by atoms with E-state index in [4.69, 9.17) is 0 Å². The highest BCUT2D eigenvalue weighted by atomic mass is 16.3.